The number of likely N-dealkylation sites (N-methyl/N-ethyl adjacent to an activating group) is 4. The Balaban J connectivity index is 2.38. The van der Waals surface area contributed by atoms with Crippen molar-refractivity contribution in [1.82, 2.24) is 19.6 Å². The highest BCUT2D eigenvalue weighted by atomic mass is 16.2. The second kappa shape index (κ2) is 3.54. The van der Waals surface area contributed by atoms with Crippen molar-refractivity contribution in [1.29, 1.82) is 0 Å². The molecule has 0 spiro atoms. The first kappa shape index (κ1) is 11.0. The van der Waals surface area contributed by atoms with E-state index >= 15 is 0 Å². The molecule has 0 aromatic heterocycles. The third kappa shape index (κ3) is 1.12. The molecule has 0 saturated carbocycles. The molecule has 16 heavy (non-hydrogen) atoms. The van der Waals surface area contributed by atoms with Crippen LogP contribution in [0.15, 0.2) is 0 Å². The lowest BCUT2D eigenvalue weighted by Crippen LogP contribution is -2.44. The first-order valence-corrected chi connectivity index (χ1v) is 5.61. The maximum Gasteiger partial charge on any atom is 0.323 e. The quantitative estimate of drug-likeness (QED) is 0.685. The van der Waals surface area contributed by atoms with E-state index < -0.39 is 0 Å². The summed E-state index contributed by atoms with van der Waals surface area (Å²) >= 11 is 0. The predicted molar refractivity (Wildman–Crippen MR) is 58.7 cm³/mol. The molecule has 0 aromatic rings. The maximum absolute atomic E-state index is 12.1. The van der Waals surface area contributed by atoms with Gasteiger partial charge in [-0.25, -0.2) is 9.59 Å². The van der Waals surface area contributed by atoms with Gasteiger partial charge in [-0.05, 0) is 13.8 Å². The maximum atomic E-state index is 12.1. The van der Waals surface area contributed by atoms with Crippen molar-refractivity contribution in [3.63, 3.8) is 0 Å². The van der Waals surface area contributed by atoms with Gasteiger partial charge in [-0.1, -0.05) is 0 Å². The molecule has 90 valence electrons. The highest BCUT2D eigenvalue weighted by Crippen LogP contribution is 2.32. The van der Waals surface area contributed by atoms with Crippen molar-refractivity contribution in [2.24, 2.45) is 0 Å². The number of nitrogens with zero attached hydrogens (tertiary/aromatic N) is 4. The number of hydrogen-bond donors (Lipinski definition) is 0. The van der Waals surface area contributed by atoms with Crippen LogP contribution in [0.2, 0.25) is 0 Å². The van der Waals surface area contributed by atoms with E-state index in [2.05, 4.69) is 0 Å². The van der Waals surface area contributed by atoms with Gasteiger partial charge in [-0.15, -0.1) is 0 Å². The third-order valence-corrected chi connectivity index (χ3v) is 3.48. The van der Waals surface area contributed by atoms with Crippen molar-refractivity contribution < 1.29 is 9.59 Å². The molecule has 2 aliphatic heterocycles. The molecule has 2 saturated heterocycles. The van der Waals surface area contributed by atoms with Gasteiger partial charge < -0.3 is 19.6 Å². The number of carbonyl (C=O) groups excluding carboxylic acids is 2. The van der Waals surface area contributed by atoms with Gasteiger partial charge in [-0.3, -0.25) is 0 Å². The van der Waals surface area contributed by atoms with E-state index in [0.29, 0.717) is 13.1 Å². The normalized spacial score (nSPS) is 29.5. The highest BCUT2D eigenvalue weighted by Gasteiger charge is 2.55. The van der Waals surface area contributed by atoms with Gasteiger partial charge in [0.1, 0.15) is 12.3 Å². The Labute approximate surface area is 95.4 Å². The minimum Gasteiger partial charge on any atom is -0.303 e. The lowest BCUT2D eigenvalue weighted by molar-refractivity contribution is 0.147. The summed E-state index contributed by atoms with van der Waals surface area (Å²) in [5, 5.41) is 0. The van der Waals surface area contributed by atoms with E-state index in [1.807, 2.05) is 13.8 Å². The Morgan fingerprint density at radius 3 is 1.56 bits per heavy atom. The third-order valence-electron chi connectivity index (χ3n) is 3.48. The highest BCUT2D eigenvalue weighted by molar-refractivity contribution is 5.84. The standard InChI is InChI=1S/C10H18N4O2/c1-5-13-7-8(14(6-2)10(13)16)12(4)9(15)11(7)3/h7-8H,5-6H2,1-4H3/t7-,8+. The Morgan fingerprint density at radius 1 is 0.875 bits per heavy atom. The van der Waals surface area contributed by atoms with E-state index in [1.165, 1.54) is 0 Å². The zero-order chi connectivity index (χ0) is 12.0. The fourth-order valence-electron chi connectivity index (χ4n) is 2.65. The molecule has 2 fully saturated rings. The van der Waals surface area contributed by atoms with Gasteiger partial charge in [0.15, 0.2) is 0 Å². The first-order valence-electron chi connectivity index (χ1n) is 5.61. The van der Waals surface area contributed by atoms with Gasteiger partial charge in [0.05, 0.1) is 0 Å². The smallest absolute Gasteiger partial charge is 0.303 e. The monoisotopic (exact) mass is 226 g/mol. The summed E-state index contributed by atoms with van der Waals surface area (Å²) in [5.74, 6) is 0. The molecule has 0 aromatic carbocycles. The van der Waals surface area contributed by atoms with E-state index in [9.17, 15) is 9.59 Å². The van der Waals surface area contributed by atoms with Crippen LogP contribution < -0.4 is 0 Å². The molecule has 6 heteroatoms. The zero-order valence-corrected chi connectivity index (χ0v) is 10.2. The van der Waals surface area contributed by atoms with Crippen molar-refractivity contribution in [3.8, 4) is 0 Å². The molecule has 2 aliphatic rings. The molecule has 0 aliphatic carbocycles. The second-order valence-corrected chi connectivity index (χ2v) is 4.19. The van der Waals surface area contributed by atoms with Gasteiger partial charge in [-0.2, -0.15) is 0 Å². The minimum absolute atomic E-state index is 0.0196. The Bertz CT molecular complexity index is 305. The van der Waals surface area contributed by atoms with Crippen LogP contribution in [0.25, 0.3) is 0 Å². The average molecular weight is 226 g/mol. The number of hydrogen-bond acceptors (Lipinski definition) is 2. The van der Waals surface area contributed by atoms with E-state index in [0.717, 1.165) is 0 Å². The summed E-state index contributed by atoms with van der Waals surface area (Å²) in [6.45, 7) is 5.12. The van der Waals surface area contributed by atoms with Crippen molar-refractivity contribution in [2.45, 2.75) is 26.2 Å². The molecular formula is C10H18N4O2. The van der Waals surface area contributed by atoms with E-state index in [4.69, 9.17) is 0 Å². The van der Waals surface area contributed by atoms with Gasteiger partial charge in [0, 0.05) is 27.2 Å². The van der Waals surface area contributed by atoms with Crippen LogP contribution in [0.3, 0.4) is 0 Å². The lowest BCUT2D eigenvalue weighted by Gasteiger charge is -2.25. The topological polar surface area (TPSA) is 47.1 Å². The van der Waals surface area contributed by atoms with Crippen LogP contribution in [-0.2, 0) is 0 Å². The molecule has 2 rings (SSSR count). The summed E-state index contributed by atoms with van der Waals surface area (Å²) in [6.07, 6.45) is -0.287. The van der Waals surface area contributed by atoms with Crippen molar-refractivity contribution >= 4 is 12.1 Å². The van der Waals surface area contributed by atoms with E-state index in [1.54, 1.807) is 33.7 Å². The van der Waals surface area contributed by atoms with Crippen molar-refractivity contribution in [2.75, 3.05) is 27.2 Å². The number of fused-ring (bicyclic) bond motifs is 1. The van der Waals surface area contributed by atoms with Gasteiger partial charge in [0.25, 0.3) is 0 Å². The summed E-state index contributed by atoms with van der Waals surface area (Å²) < 4.78 is 0. The number of rotatable bonds is 2. The fraction of sp³-hybridized carbons (Fsp3) is 0.800. The number of carbonyl (C=O) groups is 2. The van der Waals surface area contributed by atoms with Crippen LogP contribution in [0.1, 0.15) is 13.8 Å². The van der Waals surface area contributed by atoms with Crippen LogP contribution >= 0.6 is 0 Å². The van der Waals surface area contributed by atoms with E-state index in [-0.39, 0.29) is 24.4 Å². The summed E-state index contributed by atoms with van der Waals surface area (Å²) in [4.78, 5) is 30.7. The molecule has 0 radical (unpaired) electrons. The largest absolute Gasteiger partial charge is 0.323 e. The van der Waals surface area contributed by atoms with Gasteiger partial charge in [0.2, 0.25) is 0 Å². The predicted octanol–water partition coefficient (Wildman–Crippen LogP) is 0.413. The molecule has 4 amide bonds. The summed E-state index contributed by atoms with van der Waals surface area (Å²) in [6, 6.07) is -0.00870. The minimum atomic E-state index is -0.144. The lowest BCUT2D eigenvalue weighted by atomic mass is 10.3. The molecule has 0 unspecified atom stereocenters. The molecular weight excluding hydrogens is 208 g/mol. The summed E-state index contributed by atoms with van der Waals surface area (Å²) in [7, 11) is 3.50. The SMILES string of the molecule is CCN1C(=O)N(CC)[C@H]2[C@@H]1N(C)C(=O)N2C. The molecule has 0 N–H and O–H groups in total. The fourth-order valence-corrected chi connectivity index (χ4v) is 2.65. The number of amides is 4. The Morgan fingerprint density at radius 2 is 1.25 bits per heavy atom. The van der Waals surface area contributed by atoms with Crippen LogP contribution in [0.4, 0.5) is 9.59 Å². The average Bonchev–Trinajstić information content (AvgIpc) is 2.67. The van der Waals surface area contributed by atoms with Crippen LogP contribution in [0, 0.1) is 0 Å². The van der Waals surface area contributed by atoms with Crippen molar-refractivity contribution in [3.05, 3.63) is 0 Å². The molecule has 6 nitrogen and oxygen atoms in total. The molecule has 2 atom stereocenters. The summed E-state index contributed by atoms with van der Waals surface area (Å²) in [5.41, 5.74) is 0. The van der Waals surface area contributed by atoms with Crippen LogP contribution in [0.5, 0.6) is 0 Å². The molecule has 2 heterocycles. The Hall–Kier alpha value is -1.46. The molecule has 0 bridgehead atoms. The second-order valence-electron chi connectivity index (χ2n) is 4.19. The zero-order valence-electron chi connectivity index (χ0n) is 10.2. The Kier molecular flexibility index (Phi) is 2.44. The number of urea groups is 2. The van der Waals surface area contributed by atoms with Gasteiger partial charge >= 0.3 is 12.1 Å². The van der Waals surface area contributed by atoms with Crippen LogP contribution in [-0.4, -0.2) is 71.2 Å². The first-order chi connectivity index (χ1) is 7.54.